The molecule has 1 aliphatic rings. The minimum Gasteiger partial charge on any atom is -0.348 e. The number of hydrogen-bond acceptors (Lipinski definition) is 3. The van der Waals surface area contributed by atoms with Crippen LogP contribution in [0.3, 0.4) is 0 Å². The van der Waals surface area contributed by atoms with Crippen molar-refractivity contribution in [1.82, 2.24) is 4.98 Å². The average molecular weight is 512 g/mol. The molecule has 2 aromatic rings. The highest BCUT2D eigenvalue weighted by Crippen LogP contribution is 2.36. The molecule has 1 saturated heterocycles. The summed E-state index contributed by atoms with van der Waals surface area (Å²) in [5.74, 6) is 0.397. The highest BCUT2D eigenvalue weighted by Gasteiger charge is 2.26. The van der Waals surface area contributed by atoms with E-state index in [2.05, 4.69) is 32.0 Å². The third-order valence-electron chi connectivity index (χ3n) is 7.82. The van der Waals surface area contributed by atoms with E-state index in [1.54, 1.807) is 0 Å². The van der Waals surface area contributed by atoms with E-state index in [0.717, 1.165) is 54.9 Å². The van der Waals surface area contributed by atoms with Gasteiger partial charge in [-0.15, -0.1) is 0 Å². The van der Waals surface area contributed by atoms with E-state index in [1.807, 2.05) is 31.3 Å². The van der Waals surface area contributed by atoms with E-state index < -0.39 is 6.17 Å². The summed E-state index contributed by atoms with van der Waals surface area (Å²) < 4.78 is 27.1. The zero-order valence-electron chi connectivity index (χ0n) is 23.6. The fourth-order valence-electron chi connectivity index (χ4n) is 5.47. The second-order valence-corrected chi connectivity index (χ2v) is 10.9. The Morgan fingerprint density at radius 1 is 0.838 bits per heavy atom. The molecule has 0 saturated carbocycles. The van der Waals surface area contributed by atoms with Gasteiger partial charge in [-0.1, -0.05) is 115 Å². The number of hydrogen-bond donors (Lipinski definition) is 0. The Hall–Kier alpha value is -1.78. The summed E-state index contributed by atoms with van der Waals surface area (Å²) in [7, 11) is 0. The summed E-state index contributed by atoms with van der Waals surface area (Å²) in [5.41, 5.74) is 3.93. The molecule has 1 aromatic carbocycles. The first-order valence-corrected chi connectivity index (χ1v) is 15.1. The fraction of sp³-hybridized carbons (Fsp3) is 0.667. The summed E-state index contributed by atoms with van der Waals surface area (Å²) in [5, 5.41) is 0. The Morgan fingerprint density at radius 3 is 2.16 bits per heavy atom. The van der Waals surface area contributed by atoms with Crippen LogP contribution in [0, 0.1) is 5.92 Å². The lowest BCUT2D eigenvalue weighted by Gasteiger charge is -2.29. The molecule has 2 atom stereocenters. The van der Waals surface area contributed by atoms with Crippen LogP contribution < -0.4 is 0 Å². The molecule has 0 radical (unpaired) electrons. The first-order chi connectivity index (χ1) is 18.2. The summed E-state index contributed by atoms with van der Waals surface area (Å²) in [4.78, 5) is 4.77. The maximum Gasteiger partial charge on any atom is 0.185 e. The summed E-state index contributed by atoms with van der Waals surface area (Å²) >= 11 is 0. The number of nitrogens with zero attached hydrogens (tertiary/aromatic N) is 1. The number of benzene rings is 1. The number of ether oxygens (including phenoxy) is 2. The average Bonchev–Trinajstić information content (AvgIpc) is 2.95. The number of aromatic nitrogens is 1. The molecule has 1 aliphatic heterocycles. The molecule has 3 rings (SSSR count). The molecule has 2 unspecified atom stereocenters. The Labute approximate surface area is 225 Å². The summed E-state index contributed by atoms with van der Waals surface area (Å²) in [6.07, 6.45) is 16.1. The van der Waals surface area contributed by atoms with Gasteiger partial charge in [-0.2, -0.15) is 0 Å². The predicted molar refractivity (Wildman–Crippen MR) is 152 cm³/mol. The SMILES string of the molecule is CCCCCCCCCC[C@H]1CO[C@H](c2ccc(-c3ccccc3C(CCCC)C(F)CC)nc2)OC1. The maximum atomic E-state index is 15.0. The van der Waals surface area contributed by atoms with Crippen LogP contribution in [0.2, 0.25) is 0 Å². The molecule has 0 spiro atoms. The minimum atomic E-state index is -0.838. The van der Waals surface area contributed by atoms with Crippen molar-refractivity contribution >= 4 is 0 Å². The molecule has 0 aliphatic carbocycles. The Balaban J connectivity index is 1.51. The van der Waals surface area contributed by atoms with Gasteiger partial charge in [0.1, 0.15) is 6.17 Å². The van der Waals surface area contributed by atoms with Crippen LogP contribution >= 0.6 is 0 Å². The molecule has 4 heteroatoms. The van der Waals surface area contributed by atoms with E-state index in [9.17, 15) is 4.39 Å². The number of rotatable bonds is 17. The van der Waals surface area contributed by atoms with Crippen LogP contribution in [-0.4, -0.2) is 24.4 Å². The third kappa shape index (κ3) is 9.48. The van der Waals surface area contributed by atoms with Crippen molar-refractivity contribution < 1.29 is 13.9 Å². The molecule has 0 amide bonds. The van der Waals surface area contributed by atoms with E-state index >= 15 is 0 Å². The first kappa shape index (κ1) is 29.8. The lowest BCUT2D eigenvalue weighted by molar-refractivity contribution is -0.206. The zero-order valence-corrected chi connectivity index (χ0v) is 23.6. The van der Waals surface area contributed by atoms with Crippen LogP contribution in [0.15, 0.2) is 42.6 Å². The second-order valence-electron chi connectivity index (χ2n) is 10.9. The van der Waals surface area contributed by atoms with Crippen LogP contribution in [-0.2, 0) is 9.47 Å². The molecule has 37 heavy (non-hydrogen) atoms. The lowest BCUT2D eigenvalue weighted by atomic mass is 9.84. The van der Waals surface area contributed by atoms with Gasteiger partial charge in [0, 0.05) is 29.2 Å². The minimum absolute atomic E-state index is 0.0920. The number of halogens is 1. The Kier molecular flexibility index (Phi) is 13.6. The standard InChI is InChI=1S/C33H50FNO2/c1-4-7-9-10-11-12-13-14-17-26-24-36-33(37-25-26)27-21-22-32(35-23-27)30-20-16-15-19-28(30)29(18-8-5-2)31(34)6-3/h15-16,19-23,26,29,31,33H,4-14,17-18,24-25H2,1-3H3/t26-,29?,31?,33-. The normalized spacial score (nSPS) is 19.6. The van der Waals surface area contributed by atoms with Crippen molar-refractivity contribution in [3.05, 3.63) is 53.7 Å². The van der Waals surface area contributed by atoms with Crippen LogP contribution in [0.25, 0.3) is 11.3 Å². The van der Waals surface area contributed by atoms with Gasteiger partial charge in [0.15, 0.2) is 6.29 Å². The lowest BCUT2D eigenvalue weighted by Crippen LogP contribution is -2.27. The molecule has 3 nitrogen and oxygen atoms in total. The molecule has 0 N–H and O–H groups in total. The molecule has 1 fully saturated rings. The predicted octanol–water partition coefficient (Wildman–Crippen LogP) is 9.96. The van der Waals surface area contributed by atoms with E-state index in [-0.39, 0.29) is 12.2 Å². The zero-order chi connectivity index (χ0) is 26.3. The molecular formula is C33H50FNO2. The highest BCUT2D eigenvalue weighted by molar-refractivity contribution is 5.64. The third-order valence-corrected chi connectivity index (χ3v) is 7.82. The van der Waals surface area contributed by atoms with Crippen molar-refractivity contribution in [2.24, 2.45) is 5.92 Å². The van der Waals surface area contributed by atoms with Gasteiger partial charge in [0.25, 0.3) is 0 Å². The maximum absolute atomic E-state index is 15.0. The van der Waals surface area contributed by atoms with Gasteiger partial charge in [0.05, 0.1) is 18.9 Å². The van der Waals surface area contributed by atoms with E-state index in [4.69, 9.17) is 14.5 Å². The topological polar surface area (TPSA) is 31.4 Å². The van der Waals surface area contributed by atoms with Crippen molar-refractivity contribution in [3.8, 4) is 11.3 Å². The molecule has 2 heterocycles. The summed E-state index contributed by atoms with van der Waals surface area (Å²) in [6.45, 7) is 7.87. The van der Waals surface area contributed by atoms with Gasteiger partial charge >= 0.3 is 0 Å². The van der Waals surface area contributed by atoms with Gasteiger partial charge in [-0.25, -0.2) is 4.39 Å². The van der Waals surface area contributed by atoms with Gasteiger partial charge in [-0.05, 0) is 30.9 Å². The smallest absolute Gasteiger partial charge is 0.185 e. The van der Waals surface area contributed by atoms with Crippen LogP contribution in [0.1, 0.15) is 128 Å². The molecule has 0 bridgehead atoms. The second kappa shape index (κ2) is 16.9. The van der Waals surface area contributed by atoms with Crippen molar-refractivity contribution in [3.63, 3.8) is 0 Å². The highest BCUT2D eigenvalue weighted by atomic mass is 19.1. The van der Waals surface area contributed by atoms with Crippen LogP contribution in [0.5, 0.6) is 0 Å². The molecule has 206 valence electrons. The summed E-state index contributed by atoms with van der Waals surface area (Å²) in [6, 6.07) is 12.3. The first-order valence-electron chi connectivity index (χ1n) is 15.1. The van der Waals surface area contributed by atoms with Crippen molar-refractivity contribution in [2.75, 3.05) is 13.2 Å². The van der Waals surface area contributed by atoms with Gasteiger partial charge < -0.3 is 9.47 Å². The van der Waals surface area contributed by atoms with Crippen LogP contribution in [0.4, 0.5) is 4.39 Å². The quantitative estimate of drug-likeness (QED) is 0.198. The number of pyridine rings is 1. The van der Waals surface area contributed by atoms with Gasteiger partial charge in [-0.3, -0.25) is 4.98 Å². The molecular weight excluding hydrogens is 461 g/mol. The van der Waals surface area contributed by atoms with Gasteiger partial charge in [0.2, 0.25) is 0 Å². The van der Waals surface area contributed by atoms with E-state index in [0.29, 0.717) is 12.3 Å². The Morgan fingerprint density at radius 2 is 1.51 bits per heavy atom. The fourth-order valence-corrected chi connectivity index (χ4v) is 5.47. The monoisotopic (exact) mass is 511 g/mol. The van der Waals surface area contributed by atoms with E-state index in [1.165, 1.54) is 57.8 Å². The van der Waals surface area contributed by atoms with Crippen molar-refractivity contribution in [1.29, 1.82) is 0 Å². The van der Waals surface area contributed by atoms with Crippen molar-refractivity contribution in [2.45, 2.75) is 123 Å². The molecule has 1 aromatic heterocycles. The Bertz CT molecular complexity index is 863. The largest absolute Gasteiger partial charge is 0.348 e. The number of alkyl halides is 1. The number of unbranched alkanes of at least 4 members (excludes halogenated alkanes) is 8.